The Hall–Kier alpha value is -5.76. The van der Waals surface area contributed by atoms with Gasteiger partial charge in [-0.15, -0.1) is 0 Å². The summed E-state index contributed by atoms with van der Waals surface area (Å²) in [6.45, 7) is 0. The molecule has 4 aromatic carbocycles. The second-order valence-corrected chi connectivity index (χ2v) is 10.5. The molecule has 0 fully saturated rings. The smallest absolute Gasteiger partial charge is 0.164 e. The van der Waals surface area contributed by atoms with Gasteiger partial charge >= 0.3 is 0 Å². The van der Waals surface area contributed by atoms with Crippen LogP contribution in [-0.2, 0) is 7.05 Å². The van der Waals surface area contributed by atoms with Crippen molar-refractivity contribution in [1.29, 1.82) is 0 Å². The minimum absolute atomic E-state index is 0.614. The quantitative estimate of drug-likeness (QED) is 0.250. The normalized spacial score (nSPS) is 18.8. The third-order valence-electron chi connectivity index (χ3n) is 8.08. The molecule has 0 saturated heterocycles. The minimum Gasteiger partial charge on any atom is -0.313 e. The van der Waals surface area contributed by atoms with Crippen molar-refractivity contribution in [2.24, 2.45) is 37.0 Å². The molecule has 0 amide bonds. The summed E-state index contributed by atoms with van der Waals surface area (Å²) in [5, 5.41) is 2.00. The van der Waals surface area contributed by atoms with Gasteiger partial charge in [0.2, 0.25) is 0 Å². The van der Waals surface area contributed by atoms with E-state index in [4.69, 9.17) is 20.0 Å². The van der Waals surface area contributed by atoms with Gasteiger partial charge < -0.3 is 9.47 Å². The van der Waals surface area contributed by atoms with Gasteiger partial charge in [0.05, 0.1) is 0 Å². The van der Waals surface area contributed by atoms with Gasteiger partial charge in [0, 0.05) is 71.5 Å². The fourth-order valence-electron chi connectivity index (χ4n) is 6.01. The molecule has 3 aliphatic heterocycles. The van der Waals surface area contributed by atoms with Crippen LogP contribution in [0, 0.1) is 0 Å². The Kier molecular flexibility index (Phi) is 5.62. The van der Waals surface area contributed by atoms with Crippen molar-refractivity contribution in [1.82, 2.24) is 9.47 Å². The van der Waals surface area contributed by atoms with E-state index in [9.17, 15) is 0 Å². The fraction of sp³-hybridized carbons (Fsp3) is 0.0857. The van der Waals surface area contributed by atoms with Crippen LogP contribution in [-0.4, -0.2) is 59.0 Å². The van der Waals surface area contributed by atoms with Crippen LogP contribution in [0.3, 0.4) is 0 Å². The zero-order valence-electron chi connectivity index (χ0n) is 23.9. The van der Waals surface area contributed by atoms with Crippen LogP contribution in [0.2, 0.25) is 0 Å². The summed E-state index contributed by atoms with van der Waals surface area (Å²) in [5.41, 5.74) is 6.06. The number of aromatic nitrogens is 1. The van der Waals surface area contributed by atoms with Crippen LogP contribution in [0.1, 0.15) is 33.4 Å². The van der Waals surface area contributed by atoms with Crippen molar-refractivity contribution in [3.63, 3.8) is 0 Å². The molecule has 4 heterocycles. The molecule has 0 spiro atoms. The maximum absolute atomic E-state index is 5.16. The first-order valence-corrected chi connectivity index (χ1v) is 14.1. The lowest BCUT2D eigenvalue weighted by Crippen LogP contribution is -2.27. The lowest BCUT2D eigenvalue weighted by Gasteiger charge is -2.13. The van der Waals surface area contributed by atoms with Crippen molar-refractivity contribution < 1.29 is 0 Å². The maximum atomic E-state index is 5.16. The van der Waals surface area contributed by atoms with E-state index in [2.05, 4.69) is 46.4 Å². The number of nitrogens with zero attached hydrogens (tertiary/aromatic N) is 8. The van der Waals surface area contributed by atoms with E-state index in [0.717, 1.165) is 67.5 Å². The molecule has 0 atom stereocenters. The summed E-state index contributed by atoms with van der Waals surface area (Å²) in [4.78, 5) is 31.4. The van der Waals surface area contributed by atoms with Crippen LogP contribution < -0.4 is 0 Å². The van der Waals surface area contributed by atoms with E-state index in [1.165, 1.54) is 0 Å². The Morgan fingerprint density at radius 1 is 0.558 bits per heavy atom. The maximum Gasteiger partial charge on any atom is 0.164 e. The van der Waals surface area contributed by atoms with Gasteiger partial charge in [-0.2, -0.15) is 0 Å². The predicted octanol–water partition coefficient (Wildman–Crippen LogP) is 6.30. The third-order valence-corrected chi connectivity index (χ3v) is 8.08. The Morgan fingerprint density at radius 2 is 1.12 bits per heavy atom. The first-order chi connectivity index (χ1) is 21.1. The molecule has 0 bridgehead atoms. The van der Waals surface area contributed by atoms with E-state index in [-0.39, 0.29) is 0 Å². The topological polar surface area (TPSA) is 82.3 Å². The summed E-state index contributed by atoms with van der Waals surface area (Å²) in [5.74, 6) is 5.20. The average Bonchev–Trinajstić information content (AvgIpc) is 3.76. The number of fused-ring (bicyclic) bond motifs is 4. The zero-order chi connectivity index (χ0) is 29.1. The van der Waals surface area contributed by atoms with Crippen LogP contribution in [0.25, 0.3) is 10.8 Å². The van der Waals surface area contributed by atoms with Crippen molar-refractivity contribution in [3.8, 4) is 0 Å². The number of hydrogen-bond donors (Lipinski definition) is 0. The van der Waals surface area contributed by atoms with Crippen LogP contribution in [0.4, 0.5) is 11.6 Å². The molecule has 0 N–H and O–H groups in total. The molecule has 43 heavy (non-hydrogen) atoms. The summed E-state index contributed by atoms with van der Waals surface area (Å²) >= 11 is 0. The Labute approximate surface area is 248 Å². The van der Waals surface area contributed by atoms with Gasteiger partial charge in [-0.1, -0.05) is 97.1 Å². The highest BCUT2D eigenvalue weighted by atomic mass is 15.2. The Balaban J connectivity index is 1.28. The second-order valence-electron chi connectivity index (χ2n) is 10.5. The molecule has 8 nitrogen and oxygen atoms in total. The largest absolute Gasteiger partial charge is 0.313 e. The third kappa shape index (κ3) is 3.84. The molecule has 1 aromatic heterocycles. The summed E-state index contributed by atoms with van der Waals surface area (Å²) in [7, 11) is 5.79. The molecule has 0 aliphatic carbocycles. The highest BCUT2D eigenvalue weighted by molar-refractivity contribution is 6.31. The van der Waals surface area contributed by atoms with E-state index in [1.54, 1.807) is 7.05 Å². The van der Waals surface area contributed by atoms with Crippen molar-refractivity contribution >= 4 is 57.8 Å². The molecule has 0 saturated carbocycles. The minimum atomic E-state index is 0.614. The van der Waals surface area contributed by atoms with E-state index >= 15 is 0 Å². The Morgan fingerprint density at radius 3 is 1.81 bits per heavy atom. The molecule has 3 aliphatic rings. The predicted molar refractivity (Wildman–Crippen MR) is 176 cm³/mol. The first kappa shape index (κ1) is 25.0. The van der Waals surface area contributed by atoms with Crippen molar-refractivity contribution in [2.45, 2.75) is 0 Å². The lowest BCUT2D eigenvalue weighted by molar-refractivity contribution is 0.770. The Bertz CT molecular complexity index is 2170. The van der Waals surface area contributed by atoms with Gasteiger partial charge in [0.15, 0.2) is 17.5 Å². The van der Waals surface area contributed by atoms with Gasteiger partial charge in [-0.3, -0.25) is 4.99 Å². The molecule has 8 heteroatoms. The number of aliphatic imine (C=N–C) groups is 6. The molecule has 0 radical (unpaired) electrons. The number of benzene rings is 4. The van der Waals surface area contributed by atoms with Crippen LogP contribution in [0.15, 0.2) is 127 Å². The summed E-state index contributed by atoms with van der Waals surface area (Å²) in [6, 6.07) is 32.6. The monoisotopic (exact) mass is 558 g/mol. The highest BCUT2D eigenvalue weighted by Gasteiger charge is 2.31. The van der Waals surface area contributed by atoms with Crippen LogP contribution >= 0.6 is 0 Å². The van der Waals surface area contributed by atoms with Gasteiger partial charge in [0.1, 0.15) is 23.3 Å². The van der Waals surface area contributed by atoms with E-state index < -0.39 is 0 Å². The molecule has 5 aromatic rings. The second kappa shape index (κ2) is 9.66. The molecular weight excluding hydrogens is 532 g/mol. The fourth-order valence-corrected chi connectivity index (χ4v) is 6.01. The first-order valence-electron chi connectivity index (χ1n) is 14.1. The highest BCUT2D eigenvalue weighted by Crippen LogP contribution is 2.39. The van der Waals surface area contributed by atoms with E-state index in [1.807, 2.05) is 90.4 Å². The molecule has 8 rings (SSSR count). The van der Waals surface area contributed by atoms with Gasteiger partial charge in [0.25, 0.3) is 0 Å². The number of rotatable bonds is 2. The number of hydrogen-bond acceptors (Lipinski definition) is 4. The molecular formula is C35H26N8. The molecule has 0 unspecified atom stereocenters. The summed E-state index contributed by atoms with van der Waals surface area (Å²) in [6.07, 6.45) is 1.86. The number of amidine groups is 5. The average molecular weight is 559 g/mol. The molecule has 206 valence electrons. The zero-order valence-corrected chi connectivity index (χ0v) is 23.9. The van der Waals surface area contributed by atoms with Crippen molar-refractivity contribution in [3.05, 3.63) is 130 Å². The van der Waals surface area contributed by atoms with Crippen LogP contribution in [0.5, 0.6) is 0 Å². The SMILES string of the molecule is CN=C1c2ccccc2C(=NC2=N/C(=N\c3c4ccccc4c(/N=C4\N=Cc5ccccc54)n3C)c3ccccc32)N1C. The van der Waals surface area contributed by atoms with Crippen molar-refractivity contribution in [2.75, 3.05) is 14.1 Å². The van der Waals surface area contributed by atoms with E-state index in [0.29, 0.717) is 17.5 Å². The summed E-state index contributed by atoms with van der Waals surface area (Å²) < 4.78 is 2.02. The van der Waals surface area contributed by atoms with Gasteiger partial charge in [-0.25, -0.2) is 25.0 Å². The van der Waals surface area contributed by atoms with Gasteiger partial charge in [-0.05, 0) is 0 Å². The lowest BCUT2D eigenvalue weighted by atomic mass is 10.1. The standard InChI is InChI=1S/C35H26N8/c1-36-32-25-16-8-9-17-26(25)34(42(32)2)40-30-23-14-6-7-15-24(23)31(38-30)41-35-28-19-11-10-18-27(28)33(43(35)3)39-29-22-13-5-4-12-21(22)20-37-29/h4-20H,1-3H3/b36-32?,39-29-,40-34?,41-31-.